The second-order valence-electron chi connectivity index (χ2n) is 8.79. The monoisotopic (exact) mass is 469 g/mol. The van der Waals surface area contributed by atoms with E-state index in [9.17, 15) is 4.79 Å². The Labute approximate surface area is 206 Å². The maximum absolute atomic E-state index is 14.1. The van der Waals surface area contributed by atoms with E-state index in [0.717, 1.165) is 72.9 Å². The van der Waals surface area contributed by atoms with E-state index in [2.05, 4.69) is 20.9 Å². The lowest BCUT2D eigenvalue weighted by molar-refractivity contribution is 0.0365. The van der Waals surface area contributed by atoms with Crippen molar-refractivity contribution in [2.24, 2.45) is 0 Å². The number of ether oxygens (including phenoxy) is 2. The lowest BCUT2D eigenvalue weighted by Gasteiger charge is -2.26. The van der Waals surface area contributed by atoms with Crippen LogP contribution in [0.25, 0.3) is 10.9 Å². The van der Waals surface area contributed by atoms with E-state index in [1.165, 1.54) is 0 Å². The standard InChI is InChI=1S/C29H31N3O3/c1-34-24-11-7-10-23(20-24)30-28(22-8-3-2-4-9-22)29(33)26-21-32(27-13-6-5-12-25(26)27)15-14-31-16-18-35-19-17-31/h2-13,20-21,28,30H,14-19H2,1H3. The van der Waals surface area contributed by atoms with Crippen molar-refractivity contribution in [3.05, 3.63) is 96.2 Å². The van der Waals surface area contributed by atoms with Gasteiger partial charge in [0.2, 0.25) is 0 Å². The van der Waals surface area contributed by atoms with E-state index >= 15 is 0 Å². The van der Waals surface area contributed by atoms with E-state index in [0.29, 0.717) is 0 Å². The van der Waals surface area contributed by atoms with Gasteiger partial charge in [0.15, 0.2) is 5.78 Å². The third-order valence-corrected chi connectivity index (χ3v) is 6.59. The van der Waals surface area contributed by atoms with Crippen molar-refractivity contribution in [1.82, 2.24) is 9.47 Å². The molecule has 0 spiro atoms. The van der Waals surface area contributed by atoms with Gasteiger partial charge in [-0.05, 0) is 23.8 Å². The largest absolute Gasteiger partial charge is 0.497 e. The third-order valence-electron chi connectivity index (χ3n) is 6.59. The fourth-order valence-electron chi connectivity index (χ4n) is 4.68. The minimum absolute atomic E-state index is 0.0420. The molecule has 0 aliphatic carbocycles. The van der Waals surface area contributed by atoms with Gasteiger partial charge >= 0.3 is 0 Å². The van der Waals surface area contributed by atoms with E-state index in [1.54, 1.807) is 7.11 Å². The molecular weight excluding hydrogens is 438 g/mol. The number of nitrogens with one attached hydrogen (secondary N) is 1. The summed E-state index contributed by atoms with van der Waals surface area (Å²) < 4.78 is 13.1. The van der Waals surface area contributed by atoms with Crippen LogP contribution in [0.1, 0.15) is 22.0 Å². The topological polar surface area (TPSA) is 55.7 Å². The summed E-state index contributed by atoms with van der Waals surface area (Å²) in [5, 5.41) is 4.44. The van der Waals surface area contributed by atoms with Crippen molar-refractivity contribution in [2.75, 3.05) is 45.3 Å². The summed E-state index contributed by atoms with van der Waals surface area (Å²) in [5.41, 5.74) is 3.57. The first-order valence-electron chi connectivity index (χ1n) is 12.1. The van der Waals surface area contributed by atoms with Crippen LogP contribution in [-0.4, -0.2) is 55.2 Å². The number of benzene rings is 3. The Hall–Kier alpha value is -3.61. The Kier molecular flexibility index (Phi) is 7.12. The number of hydrogen-bond acceptors (Lipinski definition) is 5. The summed E-state index contributed by atoms with van der Waals surface area (Å²) in [6, 6.07) is 25.2. The second-order valence-corrected chi connectivity index (χ2v) is 8.79. The molecule has 6 nitrogen and oxygen atoms in total. The zero-order chi connectivity index (χ0) is 24.0. The van der Waals surface area contributed by atoms with Gasteiger partial charge < -0.3 is 19.4 Å². The predicted molar refractivity (Wildman–Crippen MR) is 139 cm³/mol. The molecule has 35 heavy (non-hydrogen) atoms. The average Bonchev–Trinajstić information content (AvgIpc) is 3.30. The summed E-state index contributed by atoms with van der Waals surface area (Å²) in [5.74, 6) is 0.786. The maximum atomic E-state index is 14.1. The van der Waals surface area contributed by atoms with Crippen LogP contribution in [0.4, 0.5) is 5.69 Å². The fourth-order valence-corrected chi connectivity index (χ4v) is 4.68. The van der Waals surface area contributed by atoms with Crippen LogP contribution < -0.4 is 10.1 Å². The molecule has 1 N–H and O–H groups in total. The summed E-state index contributed by atoms with van der Waals surface area (Å²) in [4.78, 5) is 16.5. The number of anilines is 1. The Morgan fingerprint density at radius 3 is 2.54 bits per heavy atom. The third kappa shape index (κ3) is 5.24. The van der Waals surface area contributed by atoms with Crippen molar-refractivity contribution in [2.45, 2.75) is 12.6 Å². The Balaban J connectivity index is 1.47. The van der Waals surface area contributed by atoms with Crippen LogP contribution in [0.3, 0.4) is 0 Å². The number of carbonyl (C=O) groups excluding carboxylic acids is 1. The number of morpholine rings is 1. The van der Waals surface area contributed by atoms with Crippen LogP contribution in [0.15, 0.2) is 85.1 Å². The molecule has 0 saturated carbocycles. The first-order chi connectivity index (χ1) is 17.2. The number of fused-ring (bicyclic) bond motifs is 1. The number of ketones is 1. The molecule has 0 amide bonds. The molecular formula is C29H31N3O3. The zero-order valence-corrected chi connectivity index (χ0v) is 20.0. The fraction of sp³-hybridized carbons (Fsp3) is 0.276. The quantitative estimate of drug-likeness (QED) is 0.349. The SMILES string of the molecule is COc1cccc(NC(C(=O)c2cn(CCN3CCOCC3)c3ccccc23)c2ccccc2)c1. The average molecular weight is 470 g/mol. The molecule has 2 heterocycles. The molecule has 1 fully saturated rings. The molecule has 6 heteroatoms. The highest BCUT2D eigenvalue weighted by Crippen LogP contribution is 2.30. The highest BCUT2D eigenvalue weighted by atomic mass is 16.5. The Morgan fingerprint density at radius 1 is 0.971 bits per heavy atom. The van der Waals surface area contributed by atoms with Crippen molar-refractivity contribution >= 4 is 22.4 Å². The van der Waals surface area contributed by atoms with Crippen LogP contribution in [-0.2, 0) is 11.3 Å². The Bertz CT molecular complexity index is 1280. The summed E-state index contributed by atoms with van der Waals surface area (Å²) in [6.07, 6.45) is 2.02. The van der Waals surface area contributed by atoms with Crippen molar-refractivity contribution in [3.8, 4) is 5.75 Å². The summed E-state index contributed by atoms with van der Waals surface area (Å²) in [6.45, 7) is 5.22. The van der Waals surface area contributed by atoms with Crippen molar-refractivity contribution in [3.63, 3.8) is 0 Å². The van der Waals surface area contributed by atoms with Crippen LogP contribution in [0.5, 0.6) is 5.75 Å². The van der Waals surface area contributed by atoms with E-state index in [-0.39, 0.29) is 5.78 Å². The van der Waals surface area contributed by atoms with Gasteiger partial charge in [0.1, 0.15) is 11.8 Å². The summed E-state index contributed by atoms with van der Waals surface area (Å²) in [7, 11) is 1.64. The first kappa shape index (κ1) is 23.1. The molecule has 1 atom stereocenters. The minimum Gasteiger partial charge on any atom is -0.497 e. The minimum atomic E-state index is -0.526. The zero-order valence-electron chi connectivity index (χ0n) is 20.0. The number of para-hydroxylation sites is 1. The normalized spacial score (nSPS) is 15.1. The molecule has 1 aromatic heterocycles. The van der Waals surface area contributed by atoms with Gasteiger partial charge in [-0.15, -0.1) is 0 Å². The molecule has 3 aromatic carbocycles. The van der Waals surface area contributed by atoms with Crippen molar-refractivity contribution < 1.29 is 14.3 Å². The molecule has 1 unspecified atom stereocenters. The van der Waals surface area contributed by atoms with Crippen LogP contribution >= 0.6 is 0 Å². The molecule has 0 radical (unpaired) electrons. The number of Topliss-reactive ketones (excluding diaryl/α,β-unsaturated/α-hetero) is 1. The van der Waals surface area contributed by atoms with Gasteiger partial charge in [-0.1, -0.05) is 54.6 Å². The molecule has 1 aliphatic heterocycles. The number of carbonyl (C=O) groups is 1. The van der Waals surface area contributed by atoms with Crippen LogP contribution in [0.2, 0.25) is 0 Å². The van der Waals surface area contributed by atoms with Gasteiger partial charge in [0, 0.05) is 60.6 Å². The van der Waals surface area contributed by atoms with E-state index < -0.39 is 6.04 Å². The molecule has 4 aromatic rings. The smallest absolute Gasteiger partial charge is 0.191 e. The highest BCUT2D eigenvalue weighted by molar-refractivity contribution is 6.11. The van der Waals surface area contributed by atoms with Gasteiger partial charge in [-0.3, -0.25) is 9.69 Å². The molecule has 1 aliphatic rings. The number of hydrogen-bond donors (Lipinski definition) is 1. The predicted octanol–water partition coefficient (Wildman–Crippen LogP) is 5.02. The number of methoxy groups -OCH3 is 1. The Morgan fingerprint density at radius 2 is 1.74 bits per heavy atom. The molecule has 0 bridgehead atoms. The van der Waals surface area contributed by atoms with Crippen LogP contribution in [0, 0.1) is 0 Å². The van der Waals surface area contributed by atoms with Gasteiger partial charge in [-0.25, -0.2) is 0 Å². The van der Waals surface area contributed by atoms with Gasteiger partial charge in [0.05, 0.1) is 20.3 Å². The molecule has 5 rings (SSSR count). The number of nitrogens with zero attached hydrogens (tertiary/aromatic N) is 2. The molecule has 1 saturated heterocycles. The molecule has 180 valence electrons. The van der Waals surface area contributed by atoms with Gasteiger partial charge in [-0.2, -0.15) is 0 Å². The lowest BCUT2D eigenvalue weighted by atomic mass is 9.96. The van der Waals surface area contributed by atoms with Crippen molar-refractivity contribution in [1.29, 1.82) is 0 Å². The first-order valence-corrected chi connectivity index (χ1v) is 12.1. The lowest BCUT2D eigenvalue weighted by Crippen LogP contribution is -2.38. The second kappa shape index (κ2) is 10.8. The number of rotatable bonds is 9. The van der Waals surface area contributed by atoms with E-state index in [1.807, 2.05) is 79.0 Å². The number of aromatic nitrogens is 1. The van der Waals surface area contributed by atoms with E-state index in [4.69, 9.17) is 9.47 Å². The maximum Gasteiger partial charge on any atom is 0.191 e. The van der Waals surface area contributed by atoms with Gasteiger partial charge in [0.25, 0.3) is 0 Å². The highest BCUT2D eigenvalue weighted by Gasteiger charge is 2.26. The summed E-state index contributed by atoms with van der Waals surface area (Å²) >= 11 is 0.